The molecular formula is C18H14ClF3N4O5S. The number of hydrogen-bond donors (Lipinski definition) is 1. The van der Waals surface area contributed by atoms with Gasteiger partial charge in [0.15, 0.2) is 11.4 Å². The van der Waals surface area contributed by atoms with Crippen LogP contribution in [0.25, 0.3) is 10.5 Å². The minimum Gasteiger partial charge on any atom is -0.469 e. The standard InChI is InChI=1S/C18H14ClF3N4O5S/c1-23-14-13(32(4)29)15-24-17(16(28)31-3,7-11(27)30-2)9-5-8(18(20,21)22)6-10(19)12(9)26(15)25-14/h5-6,24H,7H2,2-4H3. The third-order valence-electron chi connectivity index (χ3n) is 4.78. The number of alkyl halides is 3. The zero-order valence-corrected chi connectivity index (χ0v) is 18.2. The fraction of sp³-hybridized carbons (Fsp3) is 0.333. The summed E-state index contributed by atoms with van der Waals surface area (Å²) in [6.07, 6.45) is -4.39. The molecule has 170 valence electrons. The van der Waals surface area contributed by atoms with Crippen molar-refractivity contribution in [2.45, 2.75) is 23.0 Å². The predicted molar refractivity (Wildman–Crippen MR) is 106 cm³/mol. The van der Waals surface area contributed by atoms with Crippen molar-refractivity contribution in [2.75, 3.05) is 25.8 Å². The van der Waals surface area contributed by atoms with E-state index in [1.165, 1.54) is 6.26 Å². The van der Waals surface area contributed by atoms with Crippen LogP contribution < -0.4 is 5.32 Å². The number of nitrogens with zero attached hydrogens (tertiary/aromatic N) is 3. The van der Waals surface area contributed by atoms with E-state index in [-0.39, 0.29) is 27.8 Å². The number of halogens is 4. The molecule has 14 heteroatoms. The summed E-state index contributed by atoms with van der Waals surface area (Å²) in [5, 5.41) is 6.19. The Morgan fingerprint density at radius 2 is 2.00 bits per heavy atom. The highest BCUT2D eigenvalue weighted by atomic mass is 35.5. The van der Waals surface area contributed by atoms with Crippen LogP contribution in [0.2, 0.25) is 5.02 Å². The summed E-state index contributed by atoms with van der Waals surface area (Å²) < 4.78 is 63.4. The number of methoxy groups -OCH3 is 2. The average Bonchev–Trinajstić information content (AvgIpc) is 3.10. The maximum absolute atomic E-state index is 13.5. The molecule has 1 aliphatic rings. The van der Waals surface area contributed by atoms with Crippen molar-refractivity contribution in [2.24, 2.45) is 0 Å². The van der Waals surface area contributed by atoms with Crippen LogP contribution in [0.15, 0.2) is 17.0 Å². The van der Waals surface area contributed by atoms with Gasteiger partial charge in [0, 0.05) is 22.6 Å². The molecule has 2 unspecified atom stereocenters. The molecule has 2 heterocycles. The molecule has 2 aromatic rings. The number of rotatable bonds is 4. The van der Waals surface area contributed by atoms with E-state index in [1.807, 2.05) is 0 Å². The molecule has 0 saturated carbocycles. The molecule has 0 bridgehead atoms. The minimum absolute atomic E-state index is 0.125. The quantitative estimate of drug-likeness (QED) is 0.518. The smallest absolute Gasteiger partial charge is 0.416 e. The molecule has 1 aliphatic heterocycles. The van der Waals surface area contributed by atoms with E-state index in [0.717, 1.165) is 18.9 Å². The van der Waals surface area contributed by atoms with Gasteiger partial charge in [-0.3, -0.25) is 9.00 Å². The van der Waals surface area contributed by atoms with Gasteiger partial charge in [-0.05, 0) is 17.2 Å². The summed E-state index contributed by atoms with van der Waals surface area (Å²) in [7, 11) is 0.197. The lowest BCUT2D eigenvalue weighted by molar-refractivity contribution is -0.153. The first-order valence-corrected chi connectivity index (χ1v) is 10.5. The van der Waals surface area contributed by atoms with Gasteiger partial charge in [0.2, 0.25) is 0 Å². The maximum atomic E-state index is 13.5. The van der Waals surface area contributed by atoms with Crippen molar-refractivity contribution in [3.8, 4) is 5.69 Å². The molecule has 3 rings (SSSR count). The van der Waals surface area contributed by atoms with Crippen molar-refractivity contribution >= 4 is 46.0 Å². The molecule has 1 N–H and O–H groups in total. The number of nitrogens with one attached hydrogen (secondary N) is 1. The van der Waals surface area contributed by atoms with Crippen molar-refractivity contribution < 1.29 is 36.4 Å². The Morgan fingerprint density at radius 3 is 2.50 bits per heavy atom. The van der Waals surface area contributed by atoms with E-state index in [4.69, 9.17) is 22.9 Å². The van der Waals surface area contributed by atoms with E-state index in [2.05, 4.69) is 20.0 Å². The van der Waals surface area contributed by atoms with E-state index >= 15 is 0 Å². The average molecular weight is 491 g/mol. The highest BCUT2D eigenvalue weighted by Gasteiger charge is 2.52. The van der Waals surface area contributed by atoms with Crippen LogP contribution in [-0.4, -0.2) is 46.4 Å². The first-order chi connectivity index (χ1) is 14.9. The lowest BCUT2D eigenvalue weighted by atomic mass is 9.82. The topological polar surface area (TPSA) is 104 Å². The first-order valence-electron chi connectivity index (χ1n) is 8.60. The summed E-state index contributed by atoms with van der Waals surface area (Å²) in [6, 6.07) is 1.26. The van der Waals surface area contributed by atoms with Gasteiger partial charge in [0.05, 0.1) is 31.2 Å². The van der Waals surface area contributed by atoms with Crippen LogP contribution >= 0.6 is 11.6 Å². The molecular weight excluding hydrogens is 477 g/mol. The van der Waals surface area contributed by atoms with E-state index in [1.54, 1.807) is 0 Å². The van der Waals surface area contributed by atoms with Gasteiger partial charge in [-0.2, -0.15) is 13.2 Å². The van der Waals surface area contributed by atoms with Crippen LogP contribution in [0, 0.1) is 6.57 Å². The number of benzene rings is 1. The van der Waals surface area contributed by atoms with Crippen molar-refractivity contribution in [1.82, 2.24) is 9.78 Å². The number of fused-ring (bicyclic) bond motifs is 3. The predicted octanol–water partition coefficient (Wildman–Crippen LogP) is 3.19. The summed E-state index contributed by atoms with van der Waals surface area (Å²) in [5.41, 5.74) is -4.02. The normalized spacial score (nSPS) is 17.9. The van der Waals surface area contributed by atoms with Gasteiger partial charge in [-0.1, -0.05) is 18.2 Å². The maximum Gasteiger partial charge on any atom is 0.416 e. The SMILES string of the molecule is [C-]#[N+]c1nn2c(c1S(C)=O)NC(CC(=O)OC)(C(=O)OC)c1cc(C(F)(F)F)cc(Cl)c1-2. The molecule has 0 saturated heterocycles. The zero-order chi connectivity index (χ0) is 24.0. The van der Waals surface area contributed by atoms with Gasteiger partial charge in [-0.15, -0.1) is 4.68 Å². The number of anilines is 1. The molecule has 0 fully saturated rings. The zero-order valence-electron chi connectivity index (χ0n) is 16.7. The van der Waals surface area contributed by atoms with Gasteiger partial charge >= 0.3 is 23.9 Å². The van der Waals surface area contributed by atoms with Crippen molar-refractivity contribution in [3.63, 3.8) is 0 Å². The second-order valence-electron chi connectivity index (χ2n) is 6.61. The van der Waals surface area contributed by atoms with Crippen LogP contribution in [-0.2, 0) is 41.6 Å². The highest BCUT2D eigenvalue weighted by Crippen LogP contribution is 2.48. The molecule has 2 atom stereocenters. The second kappa shape index (κ2) is 8.10. The largest absolute Gasteiger partial charge is 0.469 e. The Kier molecular flexibility index (Phi) is 5.96. The number of esters is 2. The molecule has 0 aliphatic carbocycles. The molecule has 1 aromatic carbocycles. The Bertz CT molecular complexity index is 1210. The number of carbonyl (C=O) groups excluding carboxylic acids is 2. The highest BCUT2D eigenvalue weighted by molar-refractivity contribution is 7.84. The van der Waals surface area contributed by atoms with E-state index in [0.29, 0.717) is 12.1 Å². The molecule has 9 nitrogen and oxygen atoms in total. The van der Waals surface area contributed by atoms with E-state index < -0.39 is 51.5 Å². The number of ether oxygens (including phenoxy) is 2. The number of hydrogen-bond acceptors (Lipinski definition) is 7. The number of carbonyl (C=O) groups is 2. The Morgan fingerprint density at radius 1 is 1.34 bits per heavy atom. The monoisotopic (exact) mass is 490 g/mol. The summed E-state index contributed by atoms with van der Waals surface area (Å²) >= 11 is 6.20. The molecule has 0 spiro atoms. The number of aromatic nitrogens is 2. The molecule has 0 radical (unpaired) electrons. The third kappa shape index (κ3) is 3.59. The van der Waals surface area contributed by atoms with Crippen LogP contribution in [0.4, 0.5) is 24.8 Å². The van der Waals surface area contributed by atoms with Gasteiger partial charge < -0.3 is 19.6 Å². The van der Waals surface area contributed by atoms with E-state index in [9.17, 15) is 27.0 Å². The fourth-order valence-corrected chi connectivity index (χ4v) is 4.46. The van der Waals surface area contributed by atoms with Crippen molar-refractivity contribution in [1.29, 1.82) is 0 Å². The first kappa shape index (κ1) is 23.6. The van der Waals surface area contributed by atoms with Crippen molar-refractivity contribution in [3.05, 3.63) is 39.7 Å². The van der Waals surface area contributed by atoms with Gasteiger partial charge in [-0.25, -0.2) is 4.79 Å². The Balaban J connectivity index is 2.51. The molecule has 1 aromatic heterocycles. The van der Waals surface area contributed by atoms with Crippen LogP contribution in [0.3, 0.4) is 0 Å². The Labute approximate surface area is 186 Å². The lowest BCUT2D eigenvalue weighted by Gasteiger charge is -2.37. The minimum atomic E-state index is -4.84. The summed E-state index contributed by atoms with van der Waals surface area (Å²) in [5.74, 6) is -2.57. The van der Waals surface area contributed by atoms with Crippen LogP contribution in [0.1, 0.15) is 17.5 Å². The second-order valence-corrected chi connectivity index (χ2v) is 8.33. The third-order valence-corrected chi connectivity index (χ3v) is 6.02. The van der Waals surface area contributed by atoms with Gasteiger partial charge in [0.25, 0.3) is 0 Å². The fourth-order valence-electron chi connectivity index (χ4n) is 3.41. The van der Waals surface area contributed by atoms with Crippen LogP contribution in [0.5, 0.6) is 0 Å². The molecule has 32 heavy (non-hydrogen) atoms. The summed E-state index contributed by atoms with van der Waals surface area (Å²) in [6.45, 7) is 7.31. The summed E-state index contributed by atoms with van der Waals surface area (Å²) in [4.78, 5) is 28.3. The Hall–Kier alpha value is -3.11. The van der Waals surface area contributed by atoms with Gasteiger partial charge in [0.1, 0.15) is 10.6 Å². The lowest BCUT2D eigenvalue weighted by Crippen LogP contribution is -2.50. The molecule has 0 amide bonds.